The van der Waals surface area contributed by atoms with E-state index in [4.69, 9.17) is 4.52 Å². The van der Waals surface area contributed by atoms with E-state index < -0.39 is 11.0 Å². The first-order valence-corrected chi connectivity index (χ1v) is 7.79. The topological polar surface area (TPSA) is 75.4 Å². The summed E-state index contributed by atoms with van der Waals surface area (Å²) in [6.45, 7) is 3.48. The maximum absolute atomic E-state index is 12.5. The minimum atomic E-state index is -0.632. The third-order valence-corrected chi connectivity index (χ3v) is 4.68. The van der Waals surface area contributed by atoms with E-state index in [0.29, 0.717) is 11.5 Å². The van der Waals surface area contributed by atoms with E-state index in [2.05, 4.69) is 10.5 Å². The van der Waals surface area contributed by atoms with Crippen LogP contribution in [0.15, 0.2) is 28.1 Å². The molecule has 6 heteroatoms. The lowest BCUT2D eigenvalue weighted by atomic mass is 9.98. The monoisotopic (exact) mass is 306 g/mol. The fourth-order valence-electron chi connectivity index (χ4n) is 2.23. The molecule has 0 bridgehead atoms. The Bertz CT molecular complexity index is 642. The van der Waals surface area contributed by atoms with Crippen molar-refractivity contribution in [3.8, 4) is 10.6 Å². The molecule has 2 aromatic rings. The highest BCUT2D eigenvalue weighted by Gasteiger charge is 2.54. The molecule has 5 nitrogen and oxygen atoms in total. The summed E-state index contributed by atoms with van der Waals surface area (Å²) in [5.41, 5.74) is -0.546. The summed E-state index contributed by atoms with van der Waals surface area (Å²) < 4.78 is 5.37. The molecule has 2 aromatic heterocycles. The highest BCUT2D eigenvalue weighted by molar-refractivity contribution is 7.13. The van der Waals surface area contributed by atoms with E-state index in [1.54, 1.807) is 25.2 Å². The molecule has 1 aliphatic rings. The molecule has 0 saturated heterocycles. The fraction of sp³-hybridized carbons (Fsp3) is 0.467. The molecule has 0 aromatic carbocycles. The number of hydrogen-bond donors (Lipinski definition) is 2. The summed E-state index contributed by atoms with van der Waals surface area (Å²) in [5.74, 6) is 0.605. The van der Waals surface area contributed by atoms with E-state index in [1.165, 1.54) is 0 Å². The summed E-state index contributed by atoms with van der Waals surface area (Å²) in [6.07, 6.45) is 1.52. The van der Waals surface area contributed by atoms with Gasteiger partial charge in [0, 0.05) is 6.07 Å². The third-order valence-electron chi connectivity index (χ3n) is 3.80. The number of aliphatic hydroxyl groups excluding tert-OH is 1. The van der Waals surface area contributed by atoms with Gasteiger partial charge in [0.15, 0.2) is 5.76 Å². The molecule has 21 heavy (non-hydrogen) atoms. The summed E-state index contributed by atoms with van der Waals surface area (Å²) in [4.78, 5) is 13.5. The Hall–Kier alpha value is -1.66. The van der Waals surface area contributed by atoms with Gasteiger partial charge in [-0.3, -0.25) is 4.79 Å². The smallest absolute Gasteiger partial charge is 0.232 e. The highest BCUT2D eigenvalue weighted by Crippen LogP contribution is 2.49. The van der Waals surface area contributed by atoms with Crippen LogP contribution in [0, 0.1) is 0 Å². The molecule has 112 valence electrons. The van der Waals surface area contributed by atoms with E-state index in [0.717, 1.165) is 17.7 Å². The molecule has 1 fully saturated rings. The standard InChI is InChI=1S/C15H18N2O3S/c1-14(2,9-18)16-13(19)15(5-6-15)12-8-10(20-17-12)11-4-3-7-21-11/h3-4,7-8,18H,5-6,9H2,1-2H3,(H,16,19). The molecule has 0 radical (unpaired) electrons. The van der Waals surface area contributed by atoms with E-state index in [9.17, 15) is 9.90 Å². The number of carbonyl (C=O) groups excluding carboxylic acids is 1. The molecule has 3 rings (SSSR count). The van der Waals surface area contributed by atoms with Crippen LogP contribution in [-0.2, 0) is 10.2 Å². The van der Waals surface area contributed by atoms with Gasteiger partial charge < -0.3 is 14.9 Å². The molecule has 0 atom stereocenters. The second kappa shape index (κ2) is 4.96. The van der Waals surface area contributed by atoms with E-state index >= 15 is 0 Å². The maximum Gasteiger partial charge on any atom is 0.232 e. The molecule has 1 aliphatic carbocycles. The normalized spacial score (nSPS) is 16.7. The van der Waals surface area contributed by atoms with Crippen LogP contribution in [0.3, 0.4) is 0 Å². The number of aromatic nitrogens is 1. The summed E-state index contributed by atoms with van der Waals surface area (Å²) >= 11 is 1.58. The second-order valence-corrected chi connectivity index (χ2v) is 7.08. The van der Waals surface area contributed by atoms with Gasteiger partial charge >= 0.3 is 0 Å². The first kappa shape index (κ1) is 14.3. The van der Waals surface area contributed by atoms with Crippen molar-refractivity contribution in [2.24, 2.45) is 0 Å². The molecule has 1 saturated carbocycles. The van der Waals surface area contributed by atoms with Gasteiger partial charge in [0.05, 0.1) is 28.1 Å². The predicted octanol–water partition coefficient (Wildman–Crippen LogP) is 2.32. The van der Waals surface area contributed by atoms with Crippen LogP contribution >= 0.6 is 11.3 Å². The highest BCUT2D eigenvalue weighted by atomic mass is 32.1. The number of rotatable bonds is 5. The van der Waals surface area contributed by atoms with Crippen molar-refractivity contribution >= 4 is 17.2 Å². The number of thiophene rings is 1. The average Bonchev–Trinajstić information content (AvgIpc) is 2.91. The summed E-state index contributed by atoms with van der Waals surface area (Å²) in [7, 11) is 0. The Labute approximate surface area is 127 Å². The minimum Gasteiger partial charge on any atom is -0.394 e. The average molecular weight is 306 g/mol. The van der Waals surface area contributed by atoms with Gasteiger partial charge in [-0.1, -0.05) is 11.2 Å². The van der Waals surface area contributed by atoms with Crippen molar-refractivity contribution in [3.05, 3.63) is 29.3 Å². The van der Waals surface area contributed by atoms with Crippen LogP contribution < -0.4 is 5.32 Å². The maximum atomic E-state index is 12.5. The van der Waals surface area contributed by atoms with Gasteiger partial charge in [0.2, 0.25) is 5.91 Å². The third kappa shape index (κ3) is 2.61. The Morgan fingerprint density at radius 2 is 2.33 bits per heavy atom. The van der Waals surface area contributed by atoms with Gasteiger partial charge in [-0.2, -0.15) is 0 Å². The molecular weight excluding hydrogens is 288 g/mol. The van der Waals surface area contributed by atoms with E-state index in [-0.39, 0.29) is 12.5 Å². The van der Waals surface area contributed by atoms with Crippen LogP contribution in [0.5, 0.6) is 0 Å². The van der Waals surface area contributed by atoms with Gasteiger partial charge in [0.25, 0.3) is 0 Å². The van der Waals surface area contributed by atoms with Crippen molar-refractivity contribution in [2.45, 2.75) is 37.6 Å². The number of nitrogens with zero attached hydrogens (tertiary/aromatic N) is 1. The zero-order chi connectivity index (χ0) is 15.1. The lowest BCUT2D eigenvalue weighted by molar-refractivity contribution is -0.125. The Balaban J connectivity index is 1.81. The Morgan fingerprint density at radius 1 is 1.57 bits per heavy atom. The Morgan fingerprint density at radius 3 is 2.90 bits per heavy atom. The van der Waals surface area contributed by atoms with Crippen molar-refractivity contribution in [2.75, 3.05) is 6.61 Å². The van der Waals surface area contributed by atoms with Crippen LogP contribution in [0.1, 0.15) is 32.4 Å². The molecule has 2 N–H and O–H groups in total. The minimum absolute atomic E-state index is 0.0902. The lowest BCUT2D eigenvalue weighted by Gasteiger charge is -2.26. The van der Waals surface area contributed by atoms with Crippen LogP contribution in [0.4, 0.5) is 0 Å². The molecular formula is C15H18N2O3S. The lowest BCUT2D eigenvalue weighted by Crippen LogP contribution is -2.50. The van der Waals surface area contributed by atoms with Gasteiger partial charge in [-0.25, -0.2) is 0 Å². The second-order valence-electron chi connectivity index (χ2n) is 6.13. The molecule has 1 amide bonds. The van der Waals surface area contributed by atoms with E-state index in [1.807, 2.05) is 23.6 Å². The molecule has 0 spiro atoms. The predicted molar refractivity (Wildman–Crippen MR) is 80.0 cm³/mol. The fourth-order valence-corrected chi connectivity index (χ4v) is 2.90. The van der Waals surface area contributed by atoms with Gasteiger partial charge in [0.1, 0.15) is 0 Å². The molecule has 2 heterocycles. The summed E-state index contributed by atoms with van der Waals surface area (Å²) in [6, 6.07) is 5.76. The molecule has 0 unspecified atom stereocenters. The van der Waals surface area contributed by atoms with Gasteiger partial charge in [-0.15, -0.1) is 11.3 Å². The van der Waals surface area contributed by atoms with Gasteiger partial charge in [-0.05, 0) is 38.1 Å². The van der Waals surface area contributed by atoms with Crippen LogP contribution in [0.2, 0.25) is 0 Å². The van der Waals surface area contributed by atoms with Crippen molar-refractivity contribution in [1.29, 1.82) is 0 Å². The number of aliphatic hydroxyl groups is 1. The largest absolute Gasteiger partial charge is 0.394 e. The number of hydrogen-bond acceptors (Lipinski definition) is 5. The number of nitrogens with one attached hydrogen (secondary N) is 1. The van der Waals surface area contributed by atoms with Crippen molar-refractivity contribution in [1.82, 2.24) is 10.5 Å². The first-order valence-electron chi connectivity index (χ1n) is 6.91. The summed E-state index contributed by atoms with van der Waals surface area (Å²) in [5, 5.41) is 18.2. The van der Waals surface area contributed by atoms with Crippen molar-refractivity contribution < 1.29 is 14.4 Å². The quantitative estimate of drug-likeness (QED) is 0.889. The number of amides is 1. The SMILES string of the molecule is CC(C)(CO)NC(=O)C1(c2cc(-c3cccs3)on2)CC1. The van der Waals surface area contributed by atoms with Crippen LogP contribution in [-0.4, -0.2) is 28.3 Å². The Kier molecular flexibility index (Phi) is 3.37. The first-order chi connectivity index (χ1) is 9.97. The van der Waals surface area contributed by atoms with Crippen LogP contribution in [0.25, 0.3) is 10.6 Å². The zero-order valence-corrected chi connectivity index (χ0v) is 12.9. The molecule has 0 aliphatic heterocycles. The number of carbonyl (C=O) groups is 1. The zero-order valence-electron chi connectivity index (χ0n) is 12.0. The van der Waals surface area contributed by atoms with Crippen molar-refractivity contribution in [3.63, 3.8) is 0 Å².